The van der Waals surface area contributed by atoms with Crippen molar-refractivity contribution in [1.82, 2.24) is 5.32 Å². The first-order valence-electron chi connectivity index (χ1n) is 12.0. The summed E-state index contributed by atoms with van der Waals surface area (Å²) in [6.07, 6.45) is 3.17. The van der Waals surface area contributed by atoms with Crippen LogP contribution in [-0.4, -0.2) is 33.1 Å². The molecule has 0 aliphatic heterocycles. The Morgan fingerprint density at radius 1 is 1.03 bits per heavy atom. The van der Waals surface area contributed by atoms with Crippen LogP contribution in [0, 0.1) is 11.3 Å². The minimum Gasteiger partial charge on any atom is -0.497 e. The van der Waals surface area contributed by atoms with E-state index in [0.29, 0.717) is 5.69 Å². The van der Waals surface area contributed by atoms with Crippen LogP contribution in [0.1, 0.15) is 64.0 Å². The average Bonchev–Trinajstić information content (AvgIpc) is 2.80. The number of likely N-dealkylation sites (N-methyl/N-ethyl adjacent to an activating group) is 1. The fraction of sp³-hybridized carbons (Fsp3) is 0.500. The number of carbonyl (C=O) groups excluding carboxylic acids is 2. The number of methoxy groups -OCH3 is 2. The van der Waals surface area contributed by atoms with Crippen LogP contribution in [0.15, 0.2) is 42.5 Å². The zero-order valence-electron chi connectivity index (χ0n) is 21.7. The van der Waals surface area contributed by atoms with Crippen molar-refractivity contribution in [1.29, 1.82) is 0 Å². The van der Waals surface area contributed by atoms with Crippen LogP contribution in [0.2, 0.25) is 0 Å². The number of hydrogen-bond donors (Lipinski definition) is 2. The lowest BCUT2D eigenvalue weighted by molar-refractivity contribution is -0.124. The molecule has 6 heteroatoms. The summed E-state index contributed by atoms with van der Waals surface area (Å²) in [5, 5.41) is 5.77. The maximum Gasteiger partial charge on any atom is 0.228 e. The van der Waals surface area contributed by atoms with E-state index in [9.17, 15) is 9.59 Å². The second kappa shape index (κ2) is 12.4. The number of unbranched alkanes of at least 4 members (excludes halogenated alkanes) is 1. The van der Waals surface area contributed by atoms with Crippen molar-refractivity contribution in [2.45, 2.75) is 59.3 Å². The second-order valence-corrected chi connectivity index (χ2v) is 9.74. The van der Waals surface area contributed by atoms with E-state index in [0.717, 1.165) is 41.9 Å². The van der Waals surface area contributed by atoms with E-state index >= 15 is 0 Å². The molecule has 186 valence electrons. The summed E-state index contributed by atoms with van der Waals surface area (Å²) in [4.78, 5) is 25.6. The molecule has 2 aromatic carbocycles. The van der Waals surface area contributed by atoms with E-state index in [4.69, 9.17) is 9.47 Å². The van der Waals surface area contributed by atoms with Gasteiger partial charge in [0.05, 0.1) is 26.6 Å². The Balaban J connectivity index is 2.44. The van der Waals surface area contributed by atoms with Gasteiger partial charge in [0.1, 0.15) is 11.5 Å². The van der Waals surface area contributed by atoms with Crippen LogP contribution >= 0.6 is 0 Å². The molecular formula is C28H40N2O4. The fourth-order valence-electron chi connectivity index (χ4n) is 4.48. The van der Waals surface area contributed by atoms with E-state index in [1.165, 1.54) is 0 Å². The monoisotopic (exact) mass is 468 g/mol. The predicted octanol–water partition coefficient (Wildman–Crippen LogP) is 5.57. The van der Waals surface area contributed by atoms with Gasteiger partial charge in [0.2, 0.25) is 11.8 Å². The molecule has 0 fully saturated rings. The van der Waals surface area contributed by atoms with E-state index in [2.05, 4.69) is 38.3 Å². The number of carbonyl (C=O) groups is 2. The average molecular weight is 469 g/mol. The van der Waals surface area contributed by atoms with Crippen LogP contribution in [0.3, 0.4) is 0 Å². The van der Waals surface area contributed by atoms with Crippen LogP contribution < -0.4 is 20.1 Å². The number of rotatable bonds is 11. The van der Waals surface area contributed by atoms with Crippen molar-refractivity contribution in [3.05, 3.63) is 53.6 Å². The molecule has 0 aliphatic rings. The maximum atomic E-state index is 13.8. The first kappa shape index (κ1) is 27.2. The molecule has 0 radical (unpaired) electrons. The van der Waals surface area contributed by atoms with Crippen LogP contribution in [-0.2, 0) is 16.0 Å². The summed E-state index contributed by atoms with van der Waals surface area (Å²) in [5.74, 6) is 1.01. The summed E-state index contributed by atoms with van der Waals surface area (Å²) in [6, 6.07) is 13.3. The van der Waals surface area contributed by atoms with Crippen molar-refractivity contribution in [2.24, 2.45) is 11.3 Å². The zero-order valence-corrected chi connectivity index (χ0v) is 21.7. The maximum absolute atomic E-state index is 13.8. The predicted molar refractivity (Wildman–Crippen MR) is 138 cm³/mol. The van der Waals surface area contributed by atoms with Gasteiger partial charge in [0, 0.05) is 18.8 Å². The number of nitrogens with one attached hydrogen (secondary N) is 2. The number of amides is 2. The summed E-state index contributed by atoms with van der Waals surface area (Å²) in [6.45, 7) is 8.48. The Labute approximate surface area is 204 Å². The molecule has 2 N–H and O–H groups in total. The molecular weight excluding hydrogens is 428 g/mol. The number of anilines is 1. The minimum absolute atomic E-state index is 0.0325. The van der Waals surface area contributed by atoms with Gasteiger partial charge in [-0.2, -0.15) is 0 Å². The van der Waals surface area contributed by atoms with Crippen LogP contribution in [0.4, 0.5) is 5.69 Å². The standard InChI is InChI=1S/C28H40N2O4/c1-8-9-13-23(22-15-14-21(33-6)18-24(22)34-7)26(28(2,3)4)27(32)30-20-12-10-11-19(16-20)17-25(31)29-5/h10-12,14-16,18,23,26H,8-9,13,17H2,1-7H3,(H,29,31)(H,30,32). The van der Waals surface area contributed by atoms with Crippen molar-refractivity contribution in [2.75, 3.05) is 26.6 Å². The van der Waals surface area contributed by atoms with E-state index in [1.54, 1.807) is 21.3 Å². The first-order valence-corrected chi connectivity index (χ1v) is 12.0. The molecule has 2 amide bonds. The van der Waals surface area contributed by atoms with Crippen LogP contribution in [0.5, 0.6) is 11.5 Å². The topological polar surface area (TPSA) is 76.7 Å². The van der Waals surface area contributed by atoms with E-state index in [1.807, 2.05) is 42.5 Å². The smallest absolute Gasteiger partial charge is 0.228 e. The molecule has 0 saturated heterocycles. The van der Waals surface area contributed by atoms with E-state index in [-0.39, 0.29) is 35.5 Å². The van der Waals surface area contributed by atoms with Gasteiger partial charge in [-0.05, 0) is 47.1 Å². The molecule has 0 saturated carbocycles. The van der Waals surface area contributed by atoms with Gasteiger partial charge >= 0.3 is 0 Å². The molecule has 0 bridgehead atoms. The molecule has 0 spiro atoms. The summed E-state index contributed by atoms with van der Waals surface area (Å²) in [7, 11) is 4.90. The Hall–Kier alpha value is -3.02. The Morgan fingerprint density at radius 2 is 1.76 bits per heavy atom. The number of benzene rings is 2. The van der Waals surface area contributed by atoms with Crippen molar-refractivity contribution in [3.63, 3.8) is 0 Å². The Bertz CT molecular complexity index is 965. The summed E-state index contributed by atoms with van der Waals surface area (Å²) < 4.78 is 11.1. The number of ether oxygens (including phenoxy) is 2. The SMILES string of the molecule is CCCCC(c1ccc(OC)cc1OC)C(C(=O)Nc1cccc(CC(=O)NC)c1)C(C)(C)C. The van der Waals surface area contributed by atoms with Crippen molar-refractivity contribution < 1.29 is 19.1 Å². The molecule has 0 aromatic heterocycles. The third-order valence-corrected chi connectivity index (χ3v) is 6.16. The highest BCUT2D eigenvalue weighted by Gasteiger charge is 2.39. The molecule has 6 nitrogen and oxygen atoms in total. The Morgan fingerprint density at radius 3 is 2.35 bits per heavy atom. The molecule has 2 unspecified atom stereocenters. The van der Waals surface area contributed by atoms with Crippen LogP contribution in [0.25, 0.3) is 0 Å². The van der Waals surface area contributed by atoms with Gasteiger partial charge in [0.15, 0.2) is 0 Å². The largest absolute Gasteiger partial charge is 0.497 e. The van der Waals surface area contributed by atoms with Crippen molar-refractivity contribution >= 4 is 17.5 Å². The minimum atomic E-state index is -0.302. The highest BCUT2D eigenvalue weighted by Crippen LogP contribution is 2.45. The van der Waals surface area contributed by atoms with Gasteiger partial charge in [-0.15, -0.1) is 0 Å². The van der Waals surface area contributed by atoms with E-state index < -0.39 is 0 Å². The lowest BCUT2D eigenvalue weighted by Gasteiger charge is -2.37. The molecule has 0 heterocycles. The summed E-state index contributed by atoms with van der Waals surface area (Å²) >= 11 is 0. The quantitative estimate of drug-likeness (QED) is 0.452. The lowest BCUT2D eigenvalue weighted by Crippen LogP contribution is -2.38. The zero-order chi connectivity index (χ0) is 25.3. The molecule has 2 rings (SSSR count). The van der Waals surface area contributed by atoms with Gasteiger partial charge < -0.3 is 20.1 Å². The molecule has 34 heavy (non-hydrogen) atoms. The van der Waals surface area contributed by atoms with Gasteiger partial charge in [-0.3, -0.25) is 9.59 Å². The third-order valence-electron chi connectivity index (χ3n) is 6.16. The lowest BCUT2D eigenvalue weighted by atomic mass is 9.68. The van der Waals surface area contributed by atoms with Gasteiger partial charge in [-0.1, -0.05) is 58.7 Å². The van der Waals surface area contributed by atoms with Gasteiger partial charge in [0.25, 0.3) is 0 Å². The normalized spacial score (nSPS) is 13.0. The Kier molecular flexibility index (Phi) is 9.97. The first-order chi connectivity index (χ1) is 16.1. The fourth-order valence-corrected chi connectivity index (χ4v) is 4.48. The highest BCUT2D eigenvalue weighted by atomic mass is 16.5. The molecule has 2 atom stereocenters. The third kappa shape index (κ3) is 7.24. The molecule has 2 aromatic rings. The van der Waals surface area contributed by atoms with Crippen molar-refractivity contribution in [3.8, 4) is 11.5 Å². The summed E-state index contributed by atoms with van der Waals surface area (Å²) in [5.41, 5.74) is 2.26. The van der Waals surface area contributed by atoms with Gasteiger partial charge in [-0.25, -0.2) is 0 Å². The molecule has 0 aliphatic carbocycles. The second-order valence-electron chi connectivity index (χ2n) is 9.74. The highest BCUT2D eigenvalue weighted by molar-refractivity contribution is 5.94. The number of hydrogen-bond acceptors (Lipinski definition) is 4.